The van der Waals surface area contributed by atoms with Crippen molar-refractivity contribution in [1.82, 2.24) is 4.90 Å². The summed E-state index contributed by atoms with van der Waals surface area (Å²) in [5.41, 5.74) is -0.612. The van der Waals surface area contributed by atoms with Gasteiger partial charge in [0, 0.05) is 23.7 Å². The van der Waals surface area contributed by atoms with Crippen molar-refractivity contribution in [2.24, 2.45) is 11.8 Å². The summed E-state index contributed by atoms with van der Waals surface area (Å²) in [5.74, 6) is -3.05. The first kappa shape index (κ1) is 21.1. The van der Waals surface area contributed by atoms with E-state index < -0.39 is 34.1 Å². The fourth-order valence-electron chi connectivity index (χ4n) is 6.40. The molecule has 2 aromatic rings. The van der Waals surface area contributed by atoms with Gasteiger partial charge in [-0.05, 0) is 31.5 Å². The second kappa shape index (κ2) is 7.00. The Kier molecular flexibility index (Phi) is 4.34. The lowest BCUT2D eigenvalue weighted by Gasteiger charge is -2.36. The lowest BCUT2D eigenvalue weighted by atomic mass is 9.75. The van der Waals surface area contributed by atoms with E-state index in [4.69, 9.17) is 16.3 Å². The average Bonchev–Trinajstić information content (AvgIpc) is 3.52. The van der Waals surface area contributed by atoms with Gasteiger partial charge in [0.2, 0.25) is 11.8 Å². The van der Waals surface area contributed by atoms with Gasteiger partial charge in [0.15, 0.2) is 0 Å². The van der Waals surface area contributed by atoms with Crippen LogP contribution in [0.3, 0.4) is 0 Å². The highest BCUT2D eigenvalue weighted by Gasteiger charge is 2.75. The smallest absolute Gasteiger partial charge is 0.271 e. The van der Waals surface area contributed by atoms with Gasteiger partial charge >= 0.3 is 0 Å². The van der Waals surface area contributed by atoms with Crippen LogP contribution in [-0.4, -0.2) is 47.2 Å². The molecule has 4 aliphatic rings. The van der Waals surface area contributed by atoms with Crippen LogP contribution in [0.15, 0.2) is 36.4 Å². The monoisotopic (exact) mass is 482 g/mol. The molecular weight excluding hydrogens is 464 g/mol. The quantitative estimate of drug-likeness (QED) is 0.405. The summed E-state index contributed by atoms with van der Waals surface area (Å²) in [6.45, 7) is 0.567. The summed E-state index contributed by atoms with van der Waals surface area (Å²) in [5, 5.41) is 14.6. The number of ether oxygens (including phenoxy) is 1. The molecule has 11 heteroatoms. The molecule has 1 spiro atoms. The SMILES string of the molecule is COc1ccc([N+](=O)[O-])cc1N1C(=O)C2C3CCCN3C3(C(=O)Nc4c(Cl)cccc43)C2C1=O. The zero-order valence-corrected chi connectivity index (χ0v) is 18.7. The zero-order chi connectivity index (χ0) is 23.9. The largest absolute Gasteiger partial charge is 0.495 e. The molecule has 0 aliphatic carbocycles. The number of non-ortho nitro benzene ring substituents is 1. The van der Waals surface area contributed by atoms with Crippen LogP contribution in [0.4, 0.5) is 17.1 Å². The number of benzene rings is 2. The summed E-state index contributed by atoms with van der Waals surface area (Å²) >= 11 is 6.38. The number of carbonyl (C=O) groups excluding carboxylic acids is 3. The van der Waals surface area contributed by atoms with Crippen molar-refractivity contribution in [1.29, 1.82) is 0 Å². The van der Waals surface area contributed by atoms with E-state index in [1.165, 1.54) is 19.2 Å². The number of nitrogens with one attached hydrogen (secondary N) is 1. The minimum atomic E-state index is -1.37. The fourth-order valence-corrected chi connectivity index (χ4v) is 6.62. The number of amides is 3. The molecule has 0 radical (unpaired) electrons. The Morgan fingerprint density at radius 2 is 2.00 bits per heavy atom. The molecule has 34 heavy (non-hydrogen) atoms. The minimum Gasteiger partial charge on any atom is -0.495 e. The Bertz CT molecular complexity index is 1310. The number of para-hydroxylation sites is 1. The first-order valence-corrected chi connectivity index (χ1v) is 11.3. The number of nitro groups is 1. The first-order valence-electron chi connectivity index (χ1n) is 10.9. The fraction of sp³-hybridized carbons (Fsp3) is 0.348. The molecule has 0 aromatic heterocycles. The summed E-state index contributed by atoms with van der Waals surface area (Å²) < 4.78 is 5.33. The maximum Gasteiger partial charge on any atom is 0.271 e. The standard InChI is InChI=1S/C23H19ClN4O6/c1-34-16-8-7-11(28(32)33)10-15(16)27-20(29)17-14-6-3-9-26(14)23(18(17)21(27)30)12-4-2-5-13(24)19(12)25-22(23)31/h2,4-5,7-8,10,14,17-18H,3,6,9H2,1H3,(H,25,31). The predicted octanol–water partition coefficient (Wildman–Crippen LogP) is 2.69. The van der Waals surface area contributed by atoms with E-state index in [0.29, 0.717) is 29.2 Å². The Hall–Kier alpha value is -3.50. The summed E-state index contributed by atoms with van der Waals surface area (Å²) in [7, 11) is 1.36. The second-order valence-electron chi connectivity index (χ2n) is 8.91. The van der Waals surface area contributed by atoms with Gasteiger partial charge in [-0.1, -0.05) is 23.7 Å². The Balaban J connectivity index is 1.56. The molecule has 3 amide bonds. The molecule has 10 nitrogen and oxygen atoms in total. The third-order valence-corrected chi connectivity index (χ3v) is 7.91. The number of anilines is 2. The average molecular weight is 483 g/mol. The van der Waals surface area contributed by atoms with E-state index in [2.05, 4.69) is 5.32 Å². The number of fused-ring (bicyclic) bond motifs is 7. The van der Waals surface area contributed by atoms with Crippen LogP contribution in [0.2, 0.25) is 5.02 Å². The van der Waals surface area contributed by atoms with E-state index >= 15 is 0 Å². The van der Waals surface area contributed by atoms with Crippen LogP contribution < -0.4 is 15.0 Å². The molecule has 4 aliphatic heterocycles. The number of carbonyl (C=O) groups is 3. The molecule has 4 atom stereocenters. The molecule has 3 fully saturated rings. The number of nitro benzene ring substituents is 1. The van der Waals surface area contributed by atoms with Crippen molar-refractivity contribution >= 4 is 46.4 Å². The third-order valence-electron chi connectivity index (χ3n) is 7.59. The van der Waals surface area contributed by atoms with E-state index in [1.54, 1.807) is 18.2 Å². The van der Waals surface area contributed by atoms with Crippen molar-refractivity contribution in [2.75, 3.05) is 23.9 Å². The second-order valence-corrected chi connectivity index (χ2v) is 9.32. The van der Waals surface area contributed by atoms with E-state index in [9.17, 15) is 24.5 Å². The molecule has 0 saturated carbocycles. The van der Waals surface area contributed by atoms with Gasteiger partial charge in [-0.2, -0.15) is 0 Å². The maximum absolute atomic E-state index is 14.0. The number of hydrogen-bond acceptors (Lipinski definition) is 7. The van der Waals surface area contributed by atoms with Crippen LogP contribution in [-0.2, 0) is 19.9 Å². The number of rotatable bonds is 3. The van der Waals surface area contributed by atoms with Crippen LogP contribution in [0.25, 0.3) is 0 Å². The van der Waals surface area contributed by atoms with Gasteiger partial charge in [0.1, 0.15) is 17.0 Å². The predicted molar refractivity (Wildman–Crippen MR) is 121 cm³/mol. The molecule has 1 N–H and O–H groups in total. The topological polar surface area (TPSA) is 122 Å². The minimum absolute atomic E-state index is 0.00511. The molecule has 6 rings (SSSR count). The highest BCUT2D eigenvalue weighted by Crippen LogP contribution is 2.61. The number of imide groups is 1. The normalized spacial score (nSPS) is 29.4. The van der Waals surface area contributed by atoms with E-state index in [1.807, 2.05) is 4.90 Å². The van der Waals surface area contributed by atoms with Crippen molar-refractivity contribution in [3.8, 4) is 5.75 Å². The Labute approximate surface area is 198 Å². The number of methoxy groups -OCH3 is 1. The van der Waals surface area contributed by atoms with Crippen LogP contribution >= 0.6 is 11.6 Å². The summed E-state index contributed by atoms with van der Waals surface area (Å²) in [6, 6.07) is 8.61. The number of hydrogen-bond donors (Lipinski definition) is 1. The van der Waals surface area contributed by atoms with Gasteiger partial charge in [-0.25, -0.2) is 4.90 Å². The van der Waals surface area contributed by atoms with Crippen LogP contribution in [0.1, 0.15) is 18.4 Å². The maximum atomic E-state index is 14.0. The highest BCUT2D eigenvalue weighted by molar-refractivity contribution is 6.35. The van der Waals surface area contributed by atoms with Crippen molar-refractivity contribution < 1.29 is 24.0 Å². The van der Waals surface area contributed by atoms with E-state index in [0.717, 1.165) is 17.4 Å². The lowest BCUT2D eigenvalue weighted by molar-refractivity contribution is -0.384. The van der Waals surface area contributed by atoms with Gasteiger partial charge < -0.3 is 10.1 Å². The van der Waals surface area contributed by atoms with Crippen molar-refractivity contribution in [2.45, 2.75) is 24.4 Å². The molecule has 2 aromatic carbocycles. The van der Waals surface area contributed by atoms with Crippen LogP contribution in [0.5, 0.6) is 5.75 Å². The lowest BCUT2D eigenvalue weighted by Crippen LogP contribution is -2.54. The Morgan fingerprint density at radius 3 is 2.74 bits per heavy atom. The Morgan fingerprint density at radius 1 is 1.21 bits per heavy atom. The van der Waals surface area contributed by atoms with Crippen LogP contribution in [0, 0.1) is 22.0 Å². The van der Waals surface area contributed by atoms with Crippen molar-refractivity contribution in [3.63, 3.8) is 0 Å². The van der Waals surface area contributed by atoms with Crippen molar-refractivity contribution in [3.05, 3.63) is 57.1 Å². The zero-order valence-electron chi connectivity index (χ0n) is 18.0. The number of nitrogens with zero attached hydrogens (tertiary/aromatic N) is 3. The summed E-state index contributed by atoms with van der Waals surface area (Å²) in [6.07, 6.45) is 1.44. The molecule has 4 heterocycles. The summed E-state index contributed by atoms with van der Waals surface area (Å²) in [4.78, 5) is 55.2. The molecule has 0 bridgehead atoms. The third kappa shape index (κ3) is 2.36. The van der Waals surface area contributed by atoms with E-state index in [-0.39, 0.29) is 29.1 Å². The highest BCUT2D eigenvalue weighted by atomic mass is 35.5. The molecular formula is C23H19ClN4O6. The van der Waals surface area contributed by atoms with Gasteiger partial charge in [0.25, 0.3) is 11.6 Å². The molecule has 4 unspecified atom stereocenters. The van der Waals surface area contributed by atoms with Gasteiger partial charge in [0.05, 0.1) is 34.6 Å². The number of halogens is 1. The van der Waals surface area contributed by atoms with Gasteiger partial charge in [-0.15, -0.1) is 0 Å². The van der Waals surface area contributed by atoms with Gasteiger partial charge in [-0.3, -0.25) is 29.4 Å². The first-order chi connectivity index (χ1) is 16.3. The molecule has 3 saturated heterocycles. The molecule has 174 valence electrons.